The first-order valence-corrected chi connectivity index (χ1v) is 12.0. The molecule has 0 radical (unpaired) electrons. The molecule has 0 saturated heterocycles. The fourth-order valence-corrected chi connectivity index (χ4v) is 4.83. The Morgan fingerprint density at radius 2 is 1.89 bits per heavy atom. The Balaban J connectivity index is 1.37. The van der Waals surface area contributed by atoms with E-state index in [2.05, 4.69) is 0 Å². The summed E-state index contributed by atoms with van der Waals surface area (Å²) < 4.78 is 20.8. The first-order valence-electron chi connectivity index (χ1n) is 11.6. The molecule has 4 aromatic rings. The molecule has 0 aliphatic heterocycles. The van der Waals surface area contributed by atoms with Crippen molar-refractivity contribution in [2.75, 3.05) is 0 Å². The second-order valence-corrected chi connectivity index (χ2v) is 9.61. The van der Waals surface area contributed by atoms with Gasteiger partial charge >= 0.3 is 0 Å². The number of nitrogens with zero attached hydrogens (tertiary/aromatic N) is 1. The molecule has 4 N–H and O–H groups in total. The first kappa shape index (κ1) is 24.7. The highest BCUT2D eigenvalue weighted by molar-refractivity contribution is 6.30. The minimum absolute atomic E-state index is 0.0475. The molecule has 2 amide bonds. The number of halogens is 2. The molecule has 37 heavy (non-hydrogen) atoms. The number of carbonyl (C=O) groups is 2. The lowest BCUT2D eigenvalue weighted by Gasteiger charge is -2.15. The zero-order chi connectivity index (χ0) is 26.2. The van der Waals surface area contributed by atoms with Gasteiger partial charge in [-0.3, -0.25) is 14.8 Å². The maximum atomic E-state index is 15.0. The maximum Gasteiger partial charge on any atom is 0.247 e. The third-order valence-corrected chi connectivity index (χ3v) is 7.09. The molecule has 0 spiro atoms. The van der Waals surface area contributed by atoms with Crippen LogP contribution in [0.15, 0.2) is 72.8 Å². The number of primary amides is 1. The number of nitrogens with two attached hydrogens (primary N) is 1. The molecule has 1 aromatic heterocycles. The van der Waals surface area contributed by atoms with Gasteiger partial charge < -0.3 is 10.5 Å². The van der Waals surface area contributed by atoms with Gasteiger partial charge in [-0.25, -0.2) is 14.9 Å². The number of nitrogens with one attached hydrogen (secondary N) is 1. The van der Waals surface area contributed by atoms with Crippen molar-refractivity contribution in [3.05, 3.63) is 94.8 Å². The van der Waals surface area contributed by atoms with Crippen molar-refractivity contribution in [3.8, 4) is 17.0 Å². The van der Waals surface area contributed by atoms with Crippen LogP contribution in [0.2, 0.25) is 5.02 Å². The van der Waals surface area contributed by atoms with Crippen LogP contribution in [0.25, 0.3) is 22.2 Å². The van der Waals surface area contributed by atoms with Crippen LogP contribution in [-0.4, -0.2) is 22.0 Å². The van der Waals surface area contributed by atoms with Crippen LogP contribution in [0.5, 0.6) is 5.75 Å². The highest BCUT2D eigenvalue weighted by Crippen LogP contribution is 2.54. The van der Waals surface area contributed by atoms with E-state index < -0.39 is 29.0 Å². The highest BCUT2D eigenvalue weighted by atomic mass is 35.5. The lowest BCUT2D eigenvalue weighted by Crippen LogP contribution is -2.33. The van der Waals surface area contributed by atoms with Crippen molar-refractivity contribution in [3.63, 3.8) is 0 Å². The summed E-state index contributed by atoms with van der Waals surface area (Å²) in [4.78, 5) is 28.5. The van der Waals surface area contributed by atoms with Crippen molar-refractivity contribution >= 4 is 34.3 Å². The molecule has 7 nitrogen and oxygen atoms in total. The van der Waals surface area contributed by atoms with Crippen molar-refractivity contribution in [2.45, 2.75) is 19.4 Å². The zero-order valence-electron chi connectivity index (χ0n) is 19.6. The van der Waals surface area contributed by atoms with E-state index in [9.17, 15) is 14.0 Å². The highest BCUT2D eigenvalue weighted by Gasteiger charge is 2.62. The number of para-hydroxylation sites is 1. The number of hydroxylamine groups is 1. The van der Waals surface area contributed by atoms with E-state index in [4.69, 9.17) is 32.3 Å². The molecule has 5 rings (SSSR count). The number of ether oxygens (including phenoxy) is 1. The predicted octanol–water partition coefficient (Wildman–Crippen LogP) is 4.81. The van der Waals surface area contributed by atoms with E-state index in [1.54, 1.807) is 23.7 Å². The molecule has 1 fully saturated rings. The number of pyridine rings is 1. The number of hydrogen-bond donors (Lipinski definition) is 3. The van der Waals surface area contributed by atoms with Crippen LogP contribution in [0, 0.1) is 17.2 Å². The number of amides is 2. The van der Waals surface area contributed by atoms with Crippen molar-refractivity contribution in [1.29, 1.82) is 0 Å². The van der Waals surface area contributed by atoms with E-state index in [1.807, 2.05) is 42.5 Å². The minimum atomic E-state index is -1.14. The number of rotatable bonds is 8. The lowest BCUT2D eigenvalue weighted by molar-refractivity contribution is -0.134. The minimum Gasteiger partial charge on any atom is -0.486 e. The van der Waals surface area contributed by atoms with Crippen molar-refractivity contribution in [2.24, 2.45) is 17.1 Å². The van der Waals surface area contributed by atoms with Crippen LogP contribution in [0.1, 0.15) is 17.5 Å². The molecule has 1 aliphatic carbocycles. The van der Waals surface area contributed by atoms with Gasteiger partial charge in [0, 0.05) is 21.5 Å². The van der Waals surface area contributed by atoms with E-state index in [0.29, 0.717) is 10.6 Å². The second kappa shape index (κ2) is 9.80. The van der Waals surface area contributed by atoms with Crippen LogP contribution in [0.3, 0.4) is 0 Å². The van der Waals surface area contributed by atoms with Gasteiger partial charge in [-0.15, -0.1) is 0 Å². The quantitative estimate of drug-likeness (QED) is 0.228. The third kappa shape index (κ3) is 4.85. The summed E-state index contributed by atoms with van der Waals surface area (Å²) in [5.74, 6) is -2.64. The lowest BCUT2D eigenvalue weighted by atomic mass is 9.92. The fourth-order valence-electron chi connectivity index (χ4n) is 4.71. The first-order chi connectivity index (χ1) is 17.8. The summed E-state index contributed by atoms with van der Waals surface area (Å²) >= 11 is 6.02. The summed E-state index contributed by atoms with van der Waals surface area (Å²) in [5, 5.41) is 10.4. The molecule has 9 heteroatoms. The Kier molecular flexibility index (Phi) is 6.54. The average molecular weight is 520 g/mol. The van der Waals surface area contributed by atoms with Crippen LogP contribution in [-0.2, 0) is 22.6 Å². The van der Waals surface area contributed by atoms with Gasteiger partial charge in [-0.05, 0) is 54.8 Å². The topological polar surface area (TPSA) is 115 Å². The fraction of sp³-hybridized carbons (Fsp3) is 0.179. The molecule has 0 bridgehead atoms. The molecular weight excluding hydrogens is 497 g/mol. The van der Waals surface area contributed by atoms with Crippen LogP contribution in [0.4, 0.5) is 4.39 Å². The number of carbonyl (C=O) groups excluding carboxylic acids is 2. The molecule has 2 unspecified atom stereocenters. The summed E-state index contributed by atoms with van der Waals surface area (Å²) in [5.41, 5.74) is 9.68. The summed E-state index contributed by atoms with van der Waals surface area (Å²) in [6, 6.07) is 21.3. The molecule has 1 saturated carbocycles. The van der Waals surface area contributed by atoms with E-state index in [-0.39, 0.29) is 25.2 Å². The Morgan fingerprint density at radius 1 is 1.14 bits per heavy atom. The van der Waals surface area contributed by atoms with E-state index >= 15 is 0 Å². The SMILES string of the molecule is NC(=O)C1(Cc2ccc(OCc3cc(-c4ccc(Cl)cc4)nc4ccccc34)c(F)c2)CC1C(=O)NO. The van der Waals surface area contributed by atoms with E-state index in [0.717, 1.165) is 27.7 Å². The van der Waals surface area contributed by atoms with Crippen molar-refractivity contribution in [1.82, 2.24) is 10.5 Å². The van der Waals surface area contributed by atoms with Gasteiger partial charge in [0.05, 0.1) is 22.5 Å². The number of benzene rings is 3. The Labute approximate surface area is 217 Å². The zero-order valence-corrected chi connectivity index (χ0v) is 20.3. The van der Waals surface area contributed by atoms with E-state index in [1.165, 1.54) is 12.1 Å². The van der Waals surface area contributed by atoms with Crippen LogP contribution >= 0.6 is 11.6 Å². The van der Waals surface area contributed by atoms with Gasteiger partial charge in [-0.1, -0.05) is 48.0 Å². The Morgan fingerprint density at radius 3 is 2.59 bits per heavy atom. The Hall–Kier alpha value is -4.01. The van der Waals surface area contributed by atoms with Gasteiger partial charge in [-0.2, -0.15) is 0 Å². The second-order valence-electron chi connectivity index (χ2n) is 9.17. The average Bonchev–Trinajstić information content (AvgIpc) is 3.63. The third-order valence-electron chi connectivity index (χ3n) is 6.83. The number of aromatic nitrogens is 1. The standard InChI is InChI=1S/C28H23ClFN3O4/c29-19-8-6-17(7-9-19)24-12-18(20-3-1-2-4-23(20)32-24)15-37-25-10-5-16(11-22(25)30)13-28(27(31)35)14-21(28)26(34)33-36/h1-12,21,36H,13-15H2,(H2,31,35)(H,33,34). The van der Waals surface area contributed by atoms with Gasteiger partial charge in [0.1, 0.15) is 6.61 Å². The number of fused-ring (bicyclic) bond motifs is 1. The number of hydrogen-bond acceptors (Lipinski definition) is 5. The summed E-state index contributed by atoms with van der Waals surface area (Å²) in [7, 11) is 0. The molecule has 188 valence electrons. The molecule has 1 aliphatic rings. The molecule has 2 atom stereocenters. The summed E-state index contributed by atoms with van der Waals surface area (Å²) in [6.07, 6.45) is 0.275. The molecule has 3 aromatic carbocycles. The predicted molar refractivity (Wildman–Crippen MR) is 136 cm³/mol. The maximum absolute atomic E-state index is 15.0. The van der Waals surface area contributed by atoms with Gasteiger partial charge in [0.15, 0.2) is 11.6 Å². The van der Waals surface area contributed by atoms with Gasteiger partial charge in [0.25, 0.3) is 0 Å². The molecule has 1 heterocycles. The normalized spacial score (nSPS) is 18.4. The van der Waals surface area contributed by atoms with Crippen molar-refractivity contribution < 1.29 is 23.9 Å². The van der Waals surface area contributed by atoms with Gasteiger partial charge in [0.2, 0.25) is 11.8 Å². The molecular formula is C28H23ClFN3O4. The monoisotopic (exact) mass is 519 g/mol. The van der Waals surface area contributed by atoms with Crippen LogP contribution < -0.4 is 16.0 Å². The summed E-state index contributed by atoms with van der Waals surface area (Å²) in [6.45, 7) is 0.101. The largest absolute Gasteiger partial charge is 0.486 e. The smallest absolute Gasteiger partial charge is 0.247 e. The Bertz CT molecular complexity index is 1510.